The van der Waals surface area contributed by atoms with E-state index in [1.54, 1.807) is 19.0 Å². The summed E-state index contributed by atoms with van der Waals surface area (Å²) in [5.41, 5.74) is 1.81. The molecule has 1 aromatic carbocycles. The van der Waals surface area contributed by atoms with Crippen molar-refractivity contribution in [1.29, 1.82) is 0 Å². The lowest BCUT2D eigenvalue weighted by Crippen LogP contribution is -2.45. The lowest BCUT2D eigenvalue weighted by Gasteiger charge is -2.17. The summed E-state index contributed by atoms with van der Waals surface area (Å²) in [5.74, 6) is 0.543. The standard InChI is InChI=1S/C20H29N5O4/c1-24(2)18(26)14-23-19(22-13-17-4-3-10-28-17)21-12-15-5-7-16(8-6-15)25-9-11-29-20(25)27/h5-8,17H,3-4,9-14H2,1-2H3,(H2,21,22,23). The van der Waals surface area contributed by atoms with Crippen molar-refractivity contribution in [3.05, 3.63) is 29.8 Å². The predicted molar refractivity (Wildman–Crippen MR) is 110 cm³/mol. The Morgan fingerprint density at radius 3 is 2.66 bits per heavy atom. The summed E-state index contributed by atoms with van der Waals surface area (Å²) < 4.78 is 10.6. The smallest absolute Gasteiger partial charge is 0.414 e. The SMILES string of the molecule is CN(C)C(=O)CNC(=NCc1ccc(N2CCOC2=O)cc1)NCC1CCCO1. The Labute approximate surface area is 171 Å². The van der Waals surface area contributed by atoms with Crippen LogP contribution in [-0.4, -0.2) is 75.9 Å². The zero-order chi connectivity index (χ0) is 20.6. The van der Waals surface area contributed by atoms with Gasteiger partial charge in [0.1, 0.15) is 6.61 Å². The van der Waals surface area contributed by atoms with Gasteiger partial charge in [0.2, 0.25) is 5.91 Å². The Balaban J connectivity index is 1.59. The van der Waals surface area contributed by atoms with E-state index >= 15 is 0 Å². The molecular formula is C20H29N5O4. The molecule has 2 aliphatic rings. The van der Waals surface area contributed by atoms with Crippen molar-refractivity contribution in [2.75, 3.05) is 51.8 Å². The summed E-state index contributed by atoms with van der Waals surface area (Å²) in [6, 6.07) is 7.65. The van der Waals surface area contributed by atoms with Crippen molar-refractivity contribution in [3.63, 3.8) is 0 Å². The van der Waals surface area contributed by atoms with E-state index in [1.165, 1.54) is 4.90 Å². The van der Waals surface area contributed by atoms with Crippen LogP contribution in [0.1, 0.15) is 18.4 Å². The van der Waals surface area contributed by atoms with E-state index in [2.05, 4.69) is 15.6 Å². The van der Waals surface area contributed by atoms with Crippen molar-refractivity contribution in [3.8, 4) is 0 Å². The second-order valence-electron chi connectivity index (χ2n) is 7.25. The molecule has 2 amide bonds. The van der Waals surface area contributed by atoms with Gasteiger partial charge in [0.15, 0.2) is 5.96 Å². The van der Waals surface area contributed by atoms with Crippen molar-refractivity contribution in [1.82, 2.24) is 15.5 Å². The molecule has 0 radical (unpaired) electrons. The molecule has 0 aliphatic carbocycles. The fourth-order valence-electron chi connectivity index (χ4n) is 3.09. The number of hydrogen-bond acceptors (Lipinski definition) is 5. The number of hydrogen-bond donors (Lipinski definition) is 2. The van der Waals surface area contributed by atoms with Crippen LogP contribution in [0.4, 0.5) is 10.5 Å². The number of cyclic esters (lactones) is 1. The van der Waals surface area contributed by atoms with Gasteiger partial charge in [-0.2, -0.15) is 0 Å². The largest absolute Gasteiger partial charge is 0.447 e. The second-order valence-corrected chi connectivity index (χ2v) is 7.25. The normalized spacial score (nSPS) is 19.2. The predicted octanol–water partition coefficient (Wildman–Crippen LogP) is 0.946. The monoisotopic (exact) mass is 403 g/mol. The zero-order valence-electron chi connectivity index (χ0n) is 17.0. The quantitative estimate of drug-likeness (QED) is 0.520. The summed E-state index contributed by atoms with van der Waals surface area (Å²) in [5, 5.41) is 6.34. The number of carbonyl (C=O) groups excluding carboxylic acids is 2. The molecule has 1 unspecified atom stereocenters. The molecule has 9 nitrogen and oxygen atoms in total. The van der Waals surface area contributed by atoms with Crippen LogP contribution in [0.25, 0.3) is 0 Å². The van der Waals surface area contributed by atoms with Crippen LogP contribution in [0.15, 0.2) is 29.3 Å². The number of aliphatic imine (C=N–C) groups is 1. The Kier molecular flexibility index (Phi) is 7.29. The number of benzene rings is 1. The van der Waals surface area contributed by atoms with Gasteiger partial charge < -0.3 is 25.0 Å². The second kappa shape index (κ2) is 10.1. The number of ether oxygens (including phenoxy) is 2. The first kappa shape index (κ1) is 20.9. The fourth-order valence-corrected chi connectivity index (χ4v) is 3.09. The number of likely N-dealkylation sites (N-methyl/N-ethyl adjacent to an activating group) is 1. The average molecular weight is 403 g/mol. The first-order chi connectivity index (χ1) is 14.0. The molecule has 0 spiro atoms. The van der Waals surface area contributed by atoms with Crippen molar-refractivity contribution < 1.29 is 19.1 Å². The van der Waals surface area contributed by atoms with E-state index in [4.69, 9.17) is 9.47 Å². The van der Waals surface area contributed by atoms with E-state index in [9.17, 15) is 9.59 Å². The molecule has 1 atom stereocenters. The molecule has 2 heterocycles. The van der Waals surface area contributed by atoms with Crippen LogP contribution in [0.3, 0.4) is 0 Å². The van der Waals surface area contributed by atoms with E-state index < -0.39 is 0 Å². The number of carbonyl (C=O) groups is 2. The van der Waals surface area contributed by atoms with Gasteiger partial charge >= 0.3 is 6.09 Å². The minimum Gasteiger partial charge on any atom is -0.447 e. The van der Waals surface area contributed by atoms with Gasteiger partial charge in [-0.15, -0.1) is 0 Å². The molecule has 2 aliphatic heterocycles. The summed E-state index contributed by atoms with van der Waals surface area (Å²) in [6.45, 7) is 3.04. The minimum absolute atomic E-state index is 0.0292. The Morgan fingerprint density at radius 1 is 1.24 bits per heavy atom. The molecular weight excluding hydrogens is 374 g/mol. The highest BCUT2D eigenvalue weighted by atomic mass is 16.6. The van der Waals surface area contributed by atoms with Crippen LogP contribution < -0.4 is 15.5 Å². The highest BCUT2D eigenvalue weighted by Crippen LogP contribution is 2.19. The van der Waals surface area contributed by atoms with Gasteiger partial charge in [-0.05, 0) is 30.5 Å². The van der Waals surface area contributed by atoms with Gasteiger partial charge in [-0.25, -0.2) is 9.79 Å². The first-order valence-electron chi connectivity index (χ1n) is 9.90. The Bertz CT molecular complexity index is 729. The maximum absolute atomic E-state index is 11.9. The van der Waals surface area contributed by atoms with Gasteiger partial charge in [0.05, 0.1) is 25.7 Å². The van der Waals surface area contributed by atoms with Crippen LogP contribution in [0.5, 0.6) is 0 Å². The maximum Gasteiger partial charge on any atom is 0.414 e. The molecule has 0 bridgehead atoms. The highest BCUT2D eigenvalue weighted by molar-refractivity contribution is 5.89. The average Bonchev–Trinajstić information content (AvgIpc) is 3.39. The molecule has 0 aromatic heterocycles. The molecule has 29 heavy (non-hydrogen) atoms. The lowest BCUT2D eigenvalue weighted by molar-refractivity contribution is -0.127. The third kappa shape index (κ3) is 6.08. The fraction of sp³-hybridized carbons (Fsp3) is 0.550. The van der Waals surface area contributed by atoms with E-state index in [0.717, 1.165) is 30.7 Å². The summed E-state index contributed by atoms with van der Waals surface area (Å²) in [7, 11) is 3.44. The number of nitrogens with zero attached hydrogens (tertiary/aromatic N) is 3. The number of nitrogens with one attached hydrogen (secondary N) is 2. The molecule has 158 valence electrons. The lowest BCUT2D eigenvalue weighted by atomic mass is 10.2. The minimum atomic E-state index is -0.314. The van der Waals surface area contributed by atoms with E-state index in [0.29, 0.717) is 32.2 Å². The highest BCUT2D eigenvalue weighted by Gasteiger charge is 2.23. The van der Waals surface area contributed by atoms with Gasteiger partial charge in [-0.3, -0.25) is 9.69 Å². The molecule has 2 saturated heterocycles. The molecule has 2 fully saturated rings. The summed E-state index contributed by atoms with van der Waals surface area (Å²) >= 11 is 0. The Hall–Kier alpha value is -2.81. The van der Waals surface area contributed by atoms with Crippen LogP contribution in [0, 0.1) is 0 Å². The third-order valence-electron chi connectivity index (χ3n) is 4.86. The summed E-state index contributed by atoms with van der Waals surface area (Å²) in [4.78, 5) is 31.3. The number of guanidine groups is 1. The maximum atomic E-state index is 11.9. The first-order valence-corrected chi connectivity index (χ1v) is 9.90. The van der Waals surface area contributed by atoms with Crippen LogP contribution >= 0.6 is 0 Å². The molecule has 1 aromatic rings. The van der Waals surface area contributed by atoms with E-state index in [1.807, 2.05) is 24.3 Å². The van der Waals surface area contributed by atoms with Crippen molar-refractivity contribution in [2.24, 2.45) is 4.99 Å². The van der Waals surface area contributed by atoms with Crippen LogP contribution in [-0.2, 0) is 20.8 Å². The van der Waals surface area contributed by atoms with Crippen LogP contribution in [0.2, 0.25) is 0 Å². The third-order valence-corrected chi connectivity index (χ3v) is 4.86. The number of anilines is 1. The number of amides is 2. The van der Waals surface area contributed by atoms with E-state index in [-0.39, 0.29) is 24.6 Å². The number of rotatable bonds is 7. The molecule has 0 saturated carbocycles. The van der Waals surface area contributed by atoms with Gasteiger partial charge in [-0.1, -0.05) is 12.1 Å². The molecule has 3 rings (SSSR count). The zero-order valence-corrected chi connectivity index (χ0v) is 17.0. The topological polar surface area (TPSA) is 95.5 Å². The van der Waals surface area contributed by atoms with Crippen molar-refractivity contribution in [2.45, 2.75) is 25.5 Å². The Morgan fingerprint density at radius 2 is 2.03 bits per heavy atom. The van der Waals surface area contributed by atoms with Gasteiger partial charge in [0.25, 0.3) is 0 Å². The van der Waals surface area contributed by atoms with Crippen molar-refractivity contribution >= 4 is 23.6 Å². The molecule has 2 N–H and O–H groups in total. The van der Waals surface area contributed by atoms with Gasteiger partial charge in [0, 0.05) is 32.9 Å². The molecule has 9 heteroatoms. The summed E-state index contributed by atoms with van der Waals surface area (Å²) in [6.07, 6.45) is 1.96.